The lowest BCUT2D eigenvalue weighted by Gasteiger charge is -2.15. The van der Waals surface area contributed by atoms with Crippen LogP contribution in [0.25, 0.3) is 10.9 Å². The summed E-state index contributed by atoms with van der Waals surface area (Å²) in [6.07, 6.45) is 2.05. The molecule has 0 spiro atoms. The molecule has 34 heavy (non-hydrogen) atoms. The number of nitrogens with zero attached hydrogens (tertiary/aromatic N) is 5. The first-order valence-corrected chi connectivity index (χ1v) is 10.9. The first-order valence-electron chi connectivity index (χ1n) is 10.9. The summed E-state index contributed by atoms with van der Waals surface area (Å²) in [4.78, 5) is 28.9. The number of guanidine groups is 1. The van der Waals surface area contributed by atoms with Crippen LogP contribution >= 0.6 is 0 Å². The molecular formula is C22H30N8O4. The van der Waals surface area contributed by atoms with E-state index in [9.17, 15) is 4.79 Å². The number of amides is 1. The number of rotatable bonds is 10. The van der Waals surface area contributed by atoms with Crippen LogP contribution < -0.4 is 31.5 Å². The molecule has 182 valence electrons. The van der Waals surface area contributed by atoms with Crippen molar-refractivity contribution < 1.29 is 19.4 Å². The van der Waals surface area contributed by atoms with Crippen LogP contribution in [0.2, 0.25) is 0 Å². The minimum atomic E-state index is -0.504. The van der Waals surface area contributed by atoms with E-state index in [1.54, 1.807) is 14.0 Å². The summed E-state index contributed by atoms with van der Waals surface area (Å²) in [6, 6.07) is 3.75. The van der Waals surface area contributed by atoms with Crippen molar-refractivity contribution in [2.75, 3.05) is 45.3 Å². The van der Waals surface area contributed by atoms with E-state index in [-0.39, 0.29) is 23.8 Å². The van der Waals surface area contributed by atoms with E-state index < -0.39 is 5.91 Å². The van der Waals surface area contributed by atoms with Gasteiger partial charge in [-0.3, -0.25) is 9.36 Å². The minimum absolute atomic E-state index is 0.0445. The van der Waals surface area contributed by atoms with Gasteiger partial charge in [-0.2, -0.15) is 4.99 Å². The average Bonchev–Trinajstić information content (AvgIpc) is 3.34. The lowest BCUT2D eigenvalue weighted by atomic mass is 10.2. The van der Waals surface area contributed by atoms with E-state index in [2.05, 4.69) is 37.3 Å². The molecule has 0 saturated heterocycles. The first-order chi connectivity index (χ1) is 16.5. The molecule has 5 N–H and O–H groups in total. The van der Waals surface area contributed by atoms with Gasteiger partial charge in [0.1, 0.15) is 11.3 Å². The number of fused-ring (bicyclic) bond motifs is 3. The number of aliphatic hydroxyl groups excluding tert-OH is 1. The third-order valence-electron chi connectivity index (χ3n) is 5.04. The predicted molar refractivity (Wildman–Crippen MR) is 130 cm³/mol. The van der Waals surface area contributed by atoms with E-state index in [0.29, 0.717) is 43.3 Å². The van der Waals surface area contributed by atoms with Crippen LogP contribution in [-0.4, -0.2) is 73.2 Å². The number of carbonyl (C=O) groups excluding carboxylic acids is 1. The highest BCUT2D eigenvalue weighted by atomic mass is 16.5. The smallest absolute Gasteiger partial charge is 0.277 e. The molecule has 1 aromatic carbocycles. The van der Waals surface area contributed by atoms with Crippen molar-refractivity contribution in [2.45, 2.75) is 19.9 Å². The highest BCUT2D eigenvalue weighted by Crippen LogP contribution is 2.37. The molecule has 1 aliphatic rings. The van der Waals surface area contributed by atoms with E-state index in [0.717, 1.165) is 24.2 Å². The Morgan fingerprint density at radius 3 is 3.00 bits per heavy atom. The lowest BCUT2D eigenvalue weighted by Crippen LogP contribution is -2.25. The Balaban J connectivity index is 1.98. The summed E-state index contributed by atoms with van der Waals surface area (Å²) in [5.74, 6) is 1.26. The van der Waals surface area contributed by atoms with Gasteiger partial charge in [-0.05, 0) is 38.7 Å². The SMILES string of the molecule is C=NC(N)=N/C=C(\C)C(=O)N=c1nc2c(OC)c(OCCCNCCO)ccc2c2n1CCN2. The zero-order valence-corrected chi connectivity index (χ0v) is 19.4. The van der Waals surface area contributed by atoms with Crippen molar-refractivity contribution in [3.8, 4) is 11.5 Å². The lowest BCUT2D eigenvalue weighted by molar-refractivity contribution is -0.114. The summed E-state index contributed by atoms with van der Waals surface area (Å²) in [5, 5.41) is 16.1. The number of ether oxygens (including phenoxy) is 2. The van der Waals surface area contributed by atoms with E-state index in [1.165, 1.54) is 6.20 Å². The molecular weight excluding hydrogens is 440 g/mol. The van der Waals surface area contributed by atoms with Gasteiger partial charge >= 0.3 is 0 Å². The fourth-order valence-electron chi connectivity index (χ4n) is 3.37. The Morgan fingerprint density at radius 1 is 1.44 bits per heavy atom. The van der Waals surface area contributed by atoms with Crippen molar-refractivity contribution in [1.29, 1.82) is 0 Å². The maximum absolute atomic E-state index is 12.7. The van der Waals surface area contributed by atoms with E-state index in [4.69, 9.17) is 20.3 Å². The number of anilines is 1. The molecule has 0 fully saturated rings. The van der Waals surface area contributed by atoms with E-state index in [1.807, 2.05) is 16.7 Å². The Hall–Kier alpha value is -3.77. The molecule has 0 unspecified atom stereocenters. The standard InChI is InChI=1S/C22H30N8O4/c1-14(13-27-21(23)24-2)20(32)29-22-28-17-15(19-26-8-10-30(19)22)5-6-16(18(17)33-3)34-12-4-7-25-9-11-31/h5-6,13,25-26,31H,2,4,7-12H2,1,3H3,(H2,23,27)/b14-13+,29-22?. The Morgan fingerprint density at radius 2 is 2.26 bits per heavy atom. The van der Waals surface area contributed by atoms with E-state index >= 15 is 0 Å². The molecule has 2 aromatic rings. The number of hydrogen-bond acceptors (Lipinski definition) is 8. The van der Waals surface area contributed by atoms with Gasteiger partial charge in [0.15, 0.2) is 11.5 Å². The molecule has 1 aliphatic heterocycles. The normalized spacial score (nSPS) is 14.1. The number of methoxy groups -OCH3 is 1. The van der Waals surface area contributed by atoms with Crippen molar-refractivity contribution >= 4 is 35.3 Å². The molecule has 0 aliphatic carbocycles. The number of aliphatic imine (C=N–C) groups is 2. The number of carbonyl (C=O) groups is 1. The summed E-state index contributed by atoms with van der Waals surface area (Å²) in [5.41, 5.74) is 6.54. The number of hydrogen-bond donors (Lipinski definition) is 4. The van der Waals surface area contributed by atoms with Crippen molar-refractivity contribution in [1.82, 2.24) is 14.9 Å². The van der Waals surface area contributed by atoms with Crippen LogP contribution in [0.1, 0.15) is 13.3 Å². The topological polar surface area (TPSA) is 161 Å². The van der Waals surface area contributed by atoms with Crippen molar-refractivity contribution in [3.63, 3.8) is 0 Å². The van der Waals surface area contributed by atoms with Gasteiger partial charge in [0, 0.05) is 36.8 Å². The van der Waals surface area contributed by atoms with Gasteiger partial charge in [-0.1, -0.05) is 0 Å². The van der Waals surface area contributed by atoms with Gasteiger partial charge in [0.05, 0.1) is 20.3 Å². The molecule has 0 saturated carbocycles. The zero-order valence-electron chi connectivity index (χ0n) is 19.4. The summed E-state index contributed by atoms with van der Waals surface area (Å²) in [6.45, 7) is 7.98. The number of aliphatic hydroxyl groups is 1. The molecule has 3 rings (SSSR count). The Labute approximate surface area is 196 Å². The van der Waals surface area contributed by atoms with Gasteiger partial charge in [0.2, 0.25) is 11.6 Å². The average molecular weight is 471 g/mol. The summed E-state index contributed by atoms with van der Waals surface area (Å²) in [7, 11) is 1.55. The molecule has 0 bridgehead atoms. The van der Waals surface area contributed by atoms with Crippen LogP contribution in [0.4, 0.5) is 5.82 Å². The maximum Gasteiger partial charge on any atom is 0.277 e. The number of nitrogens with two attached hydrogens (primary N) is 1. The highest BCUT2D eigenvalue weighted by Gasteiger charge is 2.20. The summed E-state index contributed by atoms with van der Waals surface area (Å²) >= 11 is 0. The summed E-state index contributed by atoms with van der Waals surface area (Å²) < 4.78 is 13.4. The molecule has 12 heteroatoms. The molecule has 12 nitrogen and oxygen atoms in total. The molecule has 0 radical (unpaired) electrons. The minimum Gasteiger partial charge on any atom is -0.491 e. The molecule has 0 atom stereocenters. The fourth-order valence-corrected chi connectivity index (χ4v) is 3.37. The number of aromatic nitrogens is 2. The van der Waals surface area contributed by atoms with Crippen molar-refractivity contribution in [2.24, 2.45) is 20.7 Å². The Bertz CT molecular complexity index is 1190. The van der Waals surface area contributed by atoms with Crippen molar-refractivity contribution in [3.05, 3.63) is 29.5 Å². The van der Waals surface area contributed by atoms with Crippen LogP contribution in [-0.2, 0) is 11.3 Å². The maximum atomic E-state index is 12.7. The zero-order chi connectivity index (χ0) is 24.5. The highest BCUT2D eigenvalue weighted by molar-refractivity contribution is 5.96. The van der Waals surface area contributed by atoms with Gasteiger partial charge < -0.3 is 30.9 Å². The second-order valence-electron chi connectivity index (χ2n) is 7.38. The fraction of sp³-hybridized carbons (Fsp3) is 0.409. The Kier molecular flexibility index (Phi) is 8.71. The molecule has 1 aromatic heterocycles. The molecule has 2 heterocycles. The van der Waals surface area contributed by atoms with Crippen LogP contribution in [0.15, 0.2) is 38.9 Å². The third-order valence-corrected chi connectivity index (χ3v) is 5.04. The number of benzene rings is 1. The largest absolute Gasteiger partial charge is 0.491 e. The first kappa shape index (κ1) is 24.9. The number of nitrogens with one attached hydrogen (secondary N) is 2. The van der Waals surface area contributed by atoms with Crippen LogP contribution in [0.3, 0.4) is 0 Å². The second kappa shape index (κ2) is 11.9. The monoisotopic (exact) mass is 470 g/mol. The van der Waals surface area contributed by atoms with Crippen LogP contribution in [0.5, 0.6) is 11.5 Å². The van der Waals surface area contributed by atoms with Crippen LogP contribution in [0, 0.1) is 0 Å². The van der Waals surface area contributed by atoms with Gasteiger partial charge in [-0.15, -0.1) is 0 Å². The van der Waals surface area contributed by atoms with Gasteiger partial charge in [-0.25, -0.2) is 15.0 Å². The molecule has 1 amide bonds. The predicted octanol–water partition coefficient (Wildman–Crippen LogP) is 0.168. The third kappa shape index (κ3) is 5.77. The van der Waals surface area contributed by atoms with Gasteiger partial charge in [0.25, 0.3) is 5.91 Å². The quantitative estimate of drug-likeness (QED) is 0.165. The second-order valence-corrected chi connectivity index (χ2v) is 7.38.